The highest BCUT2D eigenvalue weighted by Crippen LogP contribution is 2.38. The second-order valence-electron chi connectivity index (χ2n) is 4.41. The predicted molar refractivity (Wildman–Crippen MR) is 57.1 cm³/mol. The van der Waals surface area contributed by atoms with Crippen molar-refractivity contribution in [3.63, 3.8) is 0 Å². The van der Waals surface area contributed by atoms with Gasteiger partial charge in [-0.3, -0.25) is 4.68 Å². The second-order valence-corrected chi connectivity index (χ2v) is 4.41. The van der Waals surface area contributed by atoms with Crippen molar-refractivity contribution in [3.8, 4) is 0 Å². The number of rotatable bonds is 3. The fourth-order valence-corrected chi connectivity index (χ4v) is 1.80. The normalized spacial score (nSPS) is 15.6. The van der Waals surface area contributed by atoms with Gasteiger partial charge in [0.2, 0.25) is 5.89 Å². The van der Waals surface area contributed by atoms with E-state index in [0.29, 0.717) is 18.3 Å². The van der Waals surface area contributed by atoms with Crippen LogP contribution in [0.15, 0.2) is 10.6 Å². The monoisotopic (exact) mass is 218 g/mol. The van der Waals surface area contributed by atoms with Gasteiger partial charge in [-0.05, 0) is 32.8 Å². The van der Waals surface area contributed by atoms with Gasteiger partial charge in [0.15, 0.2) is 5.82 Å². The molecule has 1 aliphatic rings. The maximum atomic E-state index is 5.21. The van der Waals surface area contributed by atoms with E-state index < -0.39 is 0 Å². The molecule has 0 radical (unpaired) electrons. The minimum absolute atomic E-state index is 0.515. The molecule has 3 rings (SSSR count). The van der Waals surface area contributed by atoms with E-state index in [-0.39, 0.29) is 0 Å². The first-order valence-corrected chi connectivity index (χ1v) is 5.56. The van der Waals surface area contributed by atoms with Crippen LogP contribution in [0, 0.1) is 13.8 Å². The summed E-state index contributed by atoms with van der Waals surface area (Å²) in [7, 11) is 0. The van der Waals surface area contributed by atoms with E-state index in [1.54, 1.807) is 0 Å². The van der Waals surface area contributed by atoms with Crippen LogP contribution >= 0.6 is 0 Å². The summed E-state index contributed by atoms with van der Waals surface area (Å²) in [4.78, 5) is 4.38. The van der Waals surface area contributed by atoms with Crippen molar-refractivity contribution in [2.45, 2.75) is 39.2 Å². The number of hydrogen-bond acceptors (Lipinski definition) is 4. The van der Waals surface area contributed by atoms with Gasteiger partial charge in [-0.15, -0.1) is 0 Å². The number of nitrogens with zero attached hydrogens (tertiary/aromatic N) is 4. The smallest absolute Gasteiger partial charge is 0.229 e. The highest BCUT2D eigenvalue weighted by Gasteiger charge is 2.29. The zero-order valence-electron chi connectivity index (χ0n) is 9.47. The molecule has 2 aromatic rings. The summed E-state index contributed by atoms with van der Waals surface area (Å²) in [6, 6.07) is 2.04. The maximum Gasteiger partial charge on any atom is 0.229 e. The van der Waals surface area contributed by atoms with Crippen molar-refractivity contribution in [3.05, 3.63) is 29.2 Å². The predicted octanol–water partition coefficient (Wildman–Crippen LogP) is 1.81. The Kier molecular flexibility index (Phi) is 2.05. The van der Waals surface area contributed by atoms with E-state index in [9.17, 15) is 0 Å². The van der Waals surface area contributed by atoms with Crippen LogP contribution in [0.2, 0.25) is 0 Å². The summed E-state index contributed by atoms with van der Waals surface area (Å²) in [5.74, 6) is 2.02. The average molecular weight is 218 g/mol. The van der Waals surface area contributed by atoms with Crippen LogP contribution in [0.5, 0.6) is 0 Å². The molecule has 0 aliphatic heterocycles. The molecular weight excluding hydrogens is 204 g/mol. The van der Waals surface area contributed by atoms with Crippen LogP contribution in [0.4, 0.5) is 0 Å². The van der Waals surface area contributed by atoms with Crippen molar-refractivity contribution in [2.75, 3.05) is 0 Å². The third kappa shape index (κ3) is 1.73. The van der Waals surface area contributed by atoms with Gasteiger partial charge in [-0.25, -0.2) is 0 Å². The van der Waals surface area contributed by atoms with Gasteiger partial charge in [-0.1, -0.05) is 5.16 Å². The molecule has 0 spiro atoms. The summed E-state index contributed by atoms with van der Waals surface area (Å²) < 4.78 is 7.10. The molecule has 1 saturated carbocycles. The zero-order valence-corrected chi connectivity index (χ0v) is 9.47. The molecule has 0 bridgehead atoms. The first-order valence-electron chi connectivity index (χ1n) is 5.56. The molecule has 1 fully saturated rings. The largest absolute Gasteiger partial charge is 0.339 e. The first kappa shape index (κ1) is 9.57. The lowest BCUT2D eigenvalue weighted by Crippen LogP contribution is -2.05. The number of aromatic nitrogens is 4. The second kappa shape index (κ2) is 3.43. The Balaban J connectivity index is 1.79. The maximum absolute atomic E-state index is 5.21. The van der Waals surface area contributed by atoms with Gasteiger partial charge < -0.3 is 4.52 Å². The van der Waals surface area contributed by atoms with Gasteiger partial charge in [-0.2, -0.15) is 10.1 Å². The van der Waals surface area contributed by atoms with E-state index >= 15 is 0 Å². The van der Waals surface area contributed by atoms with Crippen LogP contribution in [0.25, 0.3) is 0 Å². The fourth-order valence-electron chi connectivity index (χ4n) is 1.80. The summed E-state index contributed by atoms with van der Waals surface area (Å²) in [5.41, 5.74) is 2.14. The molecule has 2 aromatic heterocycles. The molecule has 16 heavy (non-hydrogen) atoms. The lowest BCUT2D eigenvalue weighted by Gasteiger charge is -1.98. The van der Waals surface area contributed by atoms with E-state index in [4.69, 9.17) is 4.52 Å². The third-order valence-electron chi connectivity index (χ3n) is 2.80. The molecule has 5 nitrogen and oxygen atoms in total. The van der Waals surface area contributed by atoms with Crippen LogP contribution in [0.3, 0.4) is 0 Å². The standard InChI is InChI=1S/C11H14N4O/c1-7-5-8(2)15(13-7)6-10-12-11(16-14-10)9-3-4-9/h5,9H,3-4,6H2,1-2H3. The summed E-state index contributed by atoms with van der Waals surface area (Å²) in [6.45, 7) is 4.60. The van der Waals surface area contributed by atoms with Crippen molar-refractivity contribution in [1.29, 1.82) is 0 Å². The van der Waals surface area contributed by atoms with Gasteiger partial charge >= 0.3 is 0 Å². The van der Waals surface area contributed by atoms with Crippen LogP contribution < -0.4 is 0 Å². The minimum atomic E-state index is 0.515. The summed E-state index contributed by atoms with van der Waals surface area (Å²) in [6.07, 6.45) is 2.36. The molecule has 5 heteroatoms. The highest BCUT2D eigenvalue weighted by atomic mass is 16.5. The number of aryl methyl sites for hydroxylation is 2. The zero-order chi connectivity index (χ0) is 11.1. The SMILES string of the molecule is Cc1cc(C)n(Cc2noc(C3CC3)n2)n1. The Morgan fingerprint density at radius 1 is 1.44 bits per heavy atom. The lowest BCUT2D eigenvalue weighted by atomic mass is 10.4. The Morgan fingerprint density at radius 3 is 2.88 bits per heavy atom. The van der Waals surface area contributed by atoms with Gasteiger partial charge in [0.05, 0.1) is 5.69 Å². The summed E-state index contributed by atoms with van der Waals surface area (Å²) in [5, 5.41) is 8.35. The Labute approximate surface area is 93.5 Å². The number of hydrogen-bond donors (Lipinski definition) is 0. The summed E-state index contributed by atoms with van der Waals surface area (Å²) >= 11 is 0. The van der Waals surface area contributed by atoms with Crippen molar-refractivity contribution >= 4 is 0 Å². The van der Waals surface area contributed by atoms with Gasteiger partial charge in [0.1, 0.15) is 6.54 Å². The average Bonchev–Trinajstić information content (AvgIpc) is 2.91. The first-order chi connectivity index (χ1) is 7.72. The van der Waals surface area contributed by atoms with E-state index in [2.05, 4.69) is 15.2 Å². The highest BCUT2D eigenvalue weighted by molar-refractivity contribution is 5.08. The minimum Gasteiger partial charge on any atom is -0.339 e. The molecule has 0 saturated heterocycles. The van der Waals surface area contributed by atoms with Crippen molar-refractivity contribution < 1.29 is 4.52 Å². The Morgan fingerprint density at radius 2 is 2.25 bits per heavy atom. The van der Waals surface area contributed by atoms with Crippen LogP contribution in [0.1, 0.15) is 41.9 Å². The quantitative estimate of drug-likeness (QED) is 0.788. The van der Waals surface area contributed by atoms with E-state index in [1.165, 1.54) is 12.8 Å². The van der Waals surface area contributed by atoms with E-state index in [0.717, 1.165) is 17.3 Å². The van der Waals surface area contributed by atoms with E-state index in [1.807, 2.05) is 24.6 Å². The lowest BCUT2D eigenvalue weighted by molar-refractivity contribution is 0.372. The third-order valence-corrected chi connectivity index (χ3v) is 2.80. The van der Waals surface area contributed by atoms with Crippen molar-refractivity contribution in [2.24, 2.45) is 0 Å². The van der Waals surface area contributed by atoms with Crippen LogP contribution in [-0.4, -0.2) is 19.9 Å². The molecule has 0 atom stereocenters. The molecule has 2 heterocycles. The van der Waals surface area contributed by atoms with Gasteiger partial charge in [0, 0.05) is 11.6 Å². The van der Waals surface area contributed by atoms with Crippen molar-refractivity contribution in [1.82, 2.24) is 19.9 Å². The molecule has 0 amide bonds. The Hall–Kier alpha value is -1.65. The Bertz CT molecular complexity index is 510. The fraction of sp³-hybridized carbons (Fsp3) is 0.545. The molecule has 0 unspecified atom stereocenters. The van der Waals surface area contributed by atoms with Crippen LogP contribution in [-0.2, 0) is 6.54 Å². The molecule has 1 aliphatic carbocycles. The topological polar surface area (TPSA) is 56.7 Å². The molecule has 84 valence electrons. The molecular formula is C11H14N4O. The molecule has 0 N–H and O–H groups in total. The van der Waals surface area contributed by atoms with Gasteiger partial charge in [0.25, 0.3) is 0 Å². The molecule has 0 aromatic carbocycles.